The summed E-state index contributed by atoms with van der Waals surface area (Å²) >= 11 is 2.32. The van der Waals surface area contributed by atoms with Crippen LogP contribution in [0, 0.1) is 0 Å². The van der Waals surface area contributed by atoms with Crippen LogP contribution in [0.5, 0.6) is 0 Å². The number of fused-ring (bicyclic) bond motifs is 1. The van der Waals surface area contributed by atoms with E-state index in [9.17, 15) is 8.42 Å². The standard InChI is InChI=1S/C5H5N3O2S3/c6-13(9,10)4-1-3-2-7-8-12-5(3)11-4/h1H,2H2,(H2,6,9,10). The van der Waals surface area contributed by atoms with Crippen molar-refractivity contribution < 1.29 is 8.42 Å². The van der Waals surface area contributed by atoms with Gasteiger partial charge in [0.1, 0.15) is 4.21 Å². The Morgan fingerprint density at radius 3 is 2.92 bits per heavy atom. The molecule has 70 valence electrons. The maximum absolute atomic E-state index is 11.0. The van der Waals surface area contributed by atoms with Gasteiger partial charge < -0.3 is 0 Å². The van der Waals surface area contributed by atoms with Gasteiger partial charge in [-0.15, -0.1) is 15.9 Å². The fourth-order valence-corrected chi connectivity index (χ4v) is 3.65. The molecule has 0 radical (unpaired) electrons. The van der Waals surface area contributed by atoms with E-state index in [0.29, 0.717) is 6.54 Å². The van der Waals surface area contributed by atoms with E-state index < -0.39 is 10.0 Å². The van der Waals surface area contributed by atoms with Crippen molar-refractivity contribution in [1.29, 1.82) is 0 Å². The first kappa shape index (κ1) is 9.13. The van der Waals surface area contributed by atoms with Crippen LogP contribution in [0.15, 0.2) is 24.1 Å². The molecule has 5 nitrogen and oxygen atoms in total. The number of sulfonamides is 1. The molecule has 2 heterocycles. The topological polar surface area (TPSA) is 84.9 Å². The van der Waals surface area contributed by atoms with Gasteiger partial charge in [0.25, 0.3) is 0 Å². The molecule has 1 aliphatic heterocycles. The highest BCUT2D eigenvalue weighted by Gasteiger charge is 2.18. The zero-order chi connectivity index (χ0) is 9.47. The van der Waals surface area contributed by atoms with Crippen molar-refractivity contribution in [2.24, 2.45) is 14.8 Å². The third-order valence-corrected chi connectivity index (χ3v) is 4.94. The van der Waals surface area contributed by atoms with Crippen LogP contribution in [0.3, 0.4) is 0 Å². The molecule has 0 aliphatic carbocycles. The second-order valence-electron chi connectivity index (χ2n) is 2.40. The summed E-state index contributed by atoms with van der Waals surface area (Å²) in [6, 6.07) is 1.56. The molecule has 0 saturated carbocycles. The number of nitrogens with two attached hydrogens (primary N) is 1. The molecule has 0 unspecified atom stereocenters. The minimum atomic E-state index is -3.58. The molecule has 1 aromatic heterocycles. The number of primary sulfonamides is 1. The predicted molar refractivity (Wildman–Crippen MR) is 50.1 cm³/mol. The number of hydrogen-bond donors (Lipinski definition) is 1. The molecule has 1 aromatic rings. The van der Waals surface area contributed by atoms with Gasteiger partial charge in [-0.25, -0.2) is 13.6 Å². The molecule has 13 heavy (non-hydrogen) atoms. The van der Waals surface area contributed by atoms with Gasteiger partial charge in [0.15, 0.2) is 0 Å². The van der Waals surface area contributed by atoms with Crippen molar-refractivity contribution in [3.8, 4) is 0 Å². The first-order valence-electron chi connectivity index (χ1n) is 3.27. The van der Waals surface area contributed by atoms with Crippen LogP contribution in [0.4, 0.5) is 0 Å². The molecular formula is C5H5N3O2S3. The van der Waals surface area contributed by atoms with Crippen molar-refractivity contribution in [3.63, 3.8) is 0 Å². The first-order valence-corrected chi connectivity index (χ1v) is 6.40. The Kier molecular flexibility index (Phi) is 2.14. The molecular weight excluding hydrogens is 230 g/mol. The van der Waals surface area contributed by atoms with Gasteiger partial charge in [-0.05, 0) is 6.07 Å². The van der Waals surface area contributed by atoms with Crippen LogP contribution >= 0.6 is 23.3 Å². The van der Waals surface area contributed by atoms with Gasteiger partial charge in [-0.1, -0.05) is 0 Å². The average molecular weight is 235 g/mol. The molecule has 1 aliphatic rings. The smallest absolute Gasteiger partial charge is 0.224 e. The van der Waals surface area contributed by atoms with E-state index in [1.165, 1.54) is 11.9 Å². The van der Waals surface area contributed by atoms with Crippen molar-refractivity contribution in [2.75, 3.05) is 0 Å². The largest absolute Gasteiger partial charge is 0.247 e. The minimum Gasteiger partial charge on any atom is -0.224 e. The van der Waals surface area contributed by atoms with Crippen molar-refractivity contribution in [1.82, 2.24) is 0 Å². The van der Waals surface area contributed by atoms with Gasteiger partial charge in [0.05, 0.1) is 10.8 Å². The molecule has 2 N–H and O–H groups in total. The molecule has 2 rings (SSSR count). The van der Waals surface area contributed by atoms with Crippen LogP contribution in [0.1, 0.15) is 5.56 Å². The highest BCUT2D eigenvalue weighted by molar-refractivity contribution is 8.00. The molecule has 0 saturated heterocycles. The third-order valence-electron chi connectivity index (χ3n) is 1.45. The summed E-state index contributed by atoms with van der Waals surface area (Å²) in [6.07, 6.45) is 0. The predicted octanol–water partition coefficient (Wildman–Crippen LogP) is 1.37. The number of hydrogen-bond acceptors (Lipinski definition) is 6. The van der Waals surface area contributed by atoms with E-state index in [-0.39, 0.29) is 4.21 Å². The molecule has 0 fully saturated rings. The van der Waals surface area contributed by atoms with E-state index in [0.717, 1.165) is 21.1 Å². The van der Waals surface area contributed by atoms with Gasteiger partial charge in [-0.2, -0.15) is 5.11 Å². The zero-order valence-corrected chi connectivity index (χ0v) is 8.75. The SMILES string of the molecule is NS(=O)(=O)c1cc2c(s1)SN=NC2. The maximum Gasteiger partial charge on any atom is 0.247 e. The van der Waals surface area contributed by atoms with Crippen molar-refractivity contribution in [3.05, 3.63) is 11.6 Å². The van der Waals surface area contributed by atoms with Crippen LogP contribution in [0.25, 0.3) is 0 Å². The van der Waals surface area contributed by atoms with Gasteiger partial charge in [0, 0.05) is 17.5 Å². The molecule has 0 atom stereocenters. The lowest BCUT2D eigenvalue weighted by atomic mass is 10.3. The van der Waals surface area contributed by atoms with Crippen molar-refractivity contribution in [2.45, 2.75) is 15.0 Å². The second-order valence-corrected chi connectivity index (χ2v) is 6.25. The Labute approximate surface area is 83.2 Å². The fourth-order valence-electron chi connectivity index (χ4n) is 0.886. The Bertz CT molecular complexity index is 436. The Hall–Kier alpha value is -0.440. The van der Waals surface area contributed by atoms with Crippen molar-refractivity contribution >= 4 is 33.3 Å². The van der Waals surface area contributed by atoms with E-state index in [1.807, 2.05) is 0 Å². The van der Waals surface area contributed by atoms with Crippen LogP contribution in [0.2, 0.25) is 0 Å². The molecule has 0 bridgehead atoms. The number of thiophene rings is 1. The molecule has 0 spiro atoms. The molecule has 0 aromatic carbocycles. The van der Waals surface area contributed by atoms with Gasteiger partial charge >= 0.3 is 0 Å². The lowest BCUT2D eigenvalue weighted by molar-refractivity contribution is 0.599. The second kappa shape index (κ2) is 3.05. The lowest BCUT2D eigenvalue weighted by Crippen LogP contribution is -2.09. The Morgan fingerprint density at radius 2 is 2.31 bits per heavy atom. The maximum atomic E-state index is 11.0. The summed E-state index contributed by atoms with van der Waals surface area (Å²) in [5.41, 5.74) is 0.883. The monoisotopic (exact) mass is 235 g/mol. The number of rotatable bonds is 1. The van der Waals surface area contributed by atoms with E-state index in [4.69, 9.17) is 5.14 Å². The van der Waals surface area contributed by atoms with E-state index in [1.54, 1.807) is 6.07 Å². The zero-order valence-electron chi connectivity index (χ0n) is 6.30. The highest BCUT2D eigenvalue weighted by Crippen LogP contribution is 2.37. The summed E-state index contributed by atoms with van der Waals surface area (Å²) in [6.45, 7) is 0.439. The fraction of sp³-hybridized carbons (Fsp3) is 0.200. The highest BCUT2D eigenvalue weighted by atomic mass is 32.3. The summed E-state index contributed by atoms with van der Waals surface area (Å²) < 4.78 is 26.7. The van der Waals surface area contributed by atoms with Crippen LogP contribution < -0.4 is 5.14 Å². The summed E-state index contributed by atoms with van der Waals surface area (Å²) in [7, 11) is -3.58. The first-order chi connectivity index (χ1) is 6.07. The Morgan fingerprint density at radius 1 is 1.54 bits per heavy atom. The van der Waals surface area contributed by atoms with E-state index in [2.05, 4.69) is 9.63 Å². The lowest BCUT2D eigenvalue weighted by Gasteiger charge is -1.98. The summed E-state index contributed by atoms with van der Waals surface area (Å²) in [5.74, 6) is 0. The normalized spacial score (nSPS) is 15.8. The van der Waals surface area contributed by atoms with E-state index >= 15 is 0 Å². The summed E-state index contributed by atoms with van der Waals surface area (Å²) in [4.78, 5) is 0. The summed E-state index contributed by atoms with van der Waals surface area (Å²) in [5, 5.41) is 8.75. The number of nitrogens with zero attached hydrogens (tertiary/aromatic N) is 2. The molecule has 0 amide bonds. The quantitative estimate of drug-likeness (QED) is 0.746. The average Bonchev–Trinajstić information content (AvgIpc) is 2.45. The van der Waals surface area contributed by atoms with Crippen LogP contribution in [-0.4, -0.2) is 8.42 Å². The molecule has 8 heteroatoms. The Balaban J connectivity index is 2.50. The van der Waals surface area contributed by atoms with Gasteiger partial charge in [0.2, 0.25) is 10.0 Å². The van der Waals surface area contributed by atoms with Gasteiger partial charge in [-0.3, -0.25) is 0 Å². The van der Waals surface area contributed by atoms with Crippen LogP contribution in [-0.2, 0) is 16.6 Å². The third kappa shape index (κ3) is 1.75. The minimum absolute atomic E-state index is 0.178.